The summed E-state index contributed by atoms with van der Waals surface area (Å²) in [5.41, 5.74) is 3.48. The van der Waals surface area contributed by atoms with Crippen LogP contribution < -0.4 is 5.32 Å². The normalized spacial score (nSPS) is 14.5. The molecule has 2 aromatic carbocycles. The van der Waals surface area contributed by atoms with Crippen LogP contribution in [0.3, 0.4) is 0 Å². The van der Waals surface area contributed by atoms with E-state index in [4.69, 9.17) is 0 Å². The fourth-order valence-electron chi connectivity index (χ4n) is 2.95. The molecule has 0 aromatic heterocycles. The third kappa shape index (κ3) is 3.02. The lowest BCUT2D eigenvalue weighted by molar-refractivity contribution is 0.0915. The van der Waals surface area contributed by atoms with Gasteiger partial charge in [0.25, 0.3) is 5.91 Å². The van der Waals surface area contributed by atoms with Crippen molar-refractivity contribution in [3.05, 3.63) is 70.5 Å². The molecule has 22 heavy (non-hydrogen) atoms. The number of nitrogens with one attached hydrogen (secondary N) is 1. The van der Waals surface area contributed by atoms with Gasteiger partial charge in [0.05, 0.1) is 6.10 Å². The van der Waals surface area contributed by atoms with E-state index in [2.05, 4.69) is 11.4 Å². The lowest BCUT2D eigenvalue weighted by Crippen LogP contribution is -2.29. The number of amides is 1. The minimum Gasteiger partial charge on any atom is -0.387 e. The molecule has 1 aliphatic carbocycles. The highest BCUT2D eigenvalue weighted by Gasteiger charge is 2.19. The largest absolute Gasteiger partial charge is 0.387 e. The highest BCUT2D eigenvalue weighted by molar-refractivity contribution is 5.96. The van der Waals surface area contributed by atoms with Crippen LogP contribution in [0.1, 0.15) is 39.6 Å². The van der Waals surface area contributed by atoms with E-state index < -0.39 is 11.9 Å². The first kappa shape index (κ1) is 14.7. The predicted molar refractivity (Wildman–Crippen MR) is 82.2 cm³/mol. The molecule has 2 aromatic rings. The number of aryl methyl sites for hydroxylation is 1. The van der Waals surface area contributed by atoms with Gasteiger partial charge in [0, 0.05) is 12.1 Å². The number of hydrogen-bond acceptors (Lipinski definition) is 2. The number of rotatable bonds is 4. The minimum absolute atomic E-state index is 0.0615. The third-order valence-electron chi connectivity index (χ3n) is 4.08. The van der Waals surface area contributed by atoms with Crippen molar-refractivity contribution in [3.8, 4) is 0 Å². The number of aliphatic hydroxyl groups is 1. The number of carbonyl (C=O) groups excluding carboxylic acids is 1. The molecule has 4 heteroatoms. The van der Waals surface area contributed by atoms with Gasteiger partial charge in [0.15, 0.2) is 0 Å². The van der Waals surface area contributed by atoms with E-state index >= 15 is 0 Å². The molecule has 0 heterocycles. The van der Waals surface area contributed by atoms with Crippen molar-refractivity contribution in [1.29, 1.82) is 0 Å². The molecular formula is C18H18FNO2. The molecule has 0 aliphatic heterocycles. The lowest BCUT2D eigenvalue weighted by atomic mass is 10.0. The Hall–Kier alpha value is -2.20. The highest BCUT2D eigenvalue weighted by Crippen LogP contribution is 2.25. The third-order valence-corrected chi connectivity index (χ3v) is 4.08. The average Bonchev–Trinajstić information content (AvgIpc) is 3.00. The van der Waals surface area contributed by atoms with Gasteiger partial charge in [-0.05, 0) is 54.2 Å². The second kappa shape index (κ2) is 6.28. The smallest absolute Gasteiger partial charge is 0.251 e. The average molecular weight is 299 g/mol. The number of halogens is 1. The van der Waals surface area contributed by atoms with Gasteiger partial charge in [-0.15, -0.1) is 0 Å². The molecule has 0 spiro atoms. The van der Waals surface area contributed by atoms with E-state index in [0.29, 0.717) is 11.1 Å². The Labute approximate surface area is 128 Å². The van der Waals surface area contributed by atoms with Gasteiger partial charge < -0.3 is 10.4 Å². The summed E-state index contributed by atoms with van der Waals surface area (Å²) < 4.78 is 13.1. The highest BCUT2D eigenvalue weighted by atomic mass is 19.1. The first-order chi connectivity index (χ1) is 10.6. The fourth-order valence-corrected chi connectivity index (χ4v) is 2.95. The second-order valence-corrected chi connectivity index (χ2v) is 5.58. The Kier molecular flexibility index (Phi) is 4.20. The fraction of sp³-hybridized carbons (Fsp3) is 0.278. The number of hydrogen-bond donors (Lipinski definition) is 2. The van der Waals surface area contributed by atoms with Gasteiger partial charge in [0.2, 0.25) is 0 Å². The van der Waals surface area contributed by atoms with Gasteiger partial charge in [-0.2, -0.15) is 0 Å². The number of aliphatic hydroxyl groups excluding tert-OH is 1. The van der Waals surface area contributed by atoms with E-state index in [9.17, 15) is 14.3 Å². The standard InChI is InChI=1S/C18H18FNO2/c19-14-7-1-6-13(10-14)17(21)11-20-18(22)16-9-3-5-12-4-2-8-15(12)16/h1,3,5-7,9-10,17,21H,2,4,8,11H2,(H,20,22). The lowest BCUT2D eigenvalue weighted by Gasteiger charge is -2.14. The summed E-state index contributed by atoms with van der Waals surface area (Å²) >= 11 is 0. The van der Waals surface area contributed by atoms with Crippen molar-refractivity contribution in [2.24, 2.45) is 0 Å². The quantitative estimate of drug-likeness (QED) is 0.912. The van der Waals surface area contributed by atoms with E-state index in [0.717, 1.165) is 24.8 Å². The van der Waals surface area contributed by atoms with E-state index in [1.165, 1.54) is 17.7 Å². The molecule has 0 fully saturated rings. The van der Waals surface area contributed by atoms with Crippen molar-refractivity contribution < 1.29 is 14.3 Å². The van der Waals surface area contributed by atoms with Gasteiger partial charge in [-0.1, -0.05) is 24.3 Å². The maximum atomic E-state index is 13.1. The summed E-state index contributed by atoms with van der Waals surface area (Å²) in [5, 5.41) is 12.8. The molecule has 1 amide bonds. The topological polar surface area (TPSA) is 49.3 Å². The van der Waals surface area contributed by atoms with Crippen LogP contribution in [0.25, 0.3) is 0 Å². The van der Waals surface area contributed by atoms with Crippen LogP contribution in [0.15, 0.2) is 42.5 Å². The van der Waals surface area contributed by atoms with Gasteiger partial charge in [0.1, 0.15) is 5.82 Å². The number of carbonyl (C=O) groups is 1. The molecule has 1 unspecified atom stereocenters. The zero-order valence-electron chi connectivity index (χ0n) is 12.2. The summed E-state index contributed by atoms with van der Waals surface area (Å²) in [5.74, 6) is -0.585. The molecule has 1 atom stereocenters. The Balaban J connectivity index is 1.67. The molecule has 2 N–H and O–H groups in total. The molecule has 0 radical (unpaired) electrons. The summed E-state index contributed by atoms with van der Waals surface area (Å²) in [4.78, 5) is 12.3. The molecule has 0 saturated heterocycles. The van der Waals surface area contributed by atoms with E-state index in [-0.39, 0.29) is 12.5 Å². The van der Waals surface area contributed by atoms with Crippen LogP contribution in [0.5, 0.6) is 0 Å². The van der Waals surface area contributed by atoms with Crippen molar-refractivity contribution in [2.75, 3.05) is 6.54 Å². The zero-order chi connectivity index (χ0) is 15.5. The molecule has 1 aliphatic rings. The summed E-state index contributed by atoms with van der Waals surface area (Å²) in [6.07, 6.45) is 2.09. The Morgan fingerprint density at radius 1 is 1.23 bits per heavy atom. The predicted octanol–water partition coefficient (Wildman–Crippen LogP) is 2.78. The molecule has 3 rings (SSSR count). The first-order valence-corrected chi connectivity index (χ1v) is 7.47. The molecule has 3 nitrogen and oxygen atoms in total. The maximum Gasteiger partial charge on any atom is 0.251 e. The zero-order valence-corrected chi connectivity index (χ0v) is 12.2. The van der Waals surface area contributed by atoms with Crippen LogP contribution in [0, 0.1) is 5.82 Å². The van der Waals surface area contributed by atoms with Crippen LogP contribution >= 0.6 is 0 Å². The molecular weight excluding hydrogens is 281 g/mol. The van der Waals surface area contributed by atoms with Crippen molar-refractivity contribution in [2.45, 2.75) is 25.4 Å². The molecule has 0 bridgehead atoms. The van der Waals surface area contributed by atoms with Gasteiger partial charge in [-0.25, -0.2) is 4.39 Å². The van der Waals surface area contributed by atoms with Crippen molar-refractivity contribution >= 4 is 5.91 Å². The van der Waals surface area contributed by atoms with Crippen LogP contribution in [-0.2, 0) is 12.8 Å². The van der Waals surface area contributed by atoms with Gasteiger partial charge in [-0.3, -0.25) is 4.79 Å². The van der Waals surface area contributed by atoms with Crippen molar-refractivity contribution in [3.63, 3.8) is 0 Å². The van der Waals surface area contributed by atoms with Crippen LogP contribution in [0.4, 0.5) is 4.39 Å². The molecule has 0 saturated carbocycles. The van der Waals surface area contributed by atoms with Crippen LogP contribution in [-0.4, -0.2) is 17.6 Å². The van der Waals surface area contributed by atoms with E-state index in [1.807, 2.05) is 12.1 Å². The Bertz CT molecular complexity index is 699. The summed E-state index contributed by atoms with van der Waals surface area (Å²) in [6, 6.07) is 11.5. The monoisotopic (exact) mass is 299 g/mol. The van der Waals surface area contributed by atoms with Gasteiger partial charge >= 0.3 is 0 Å². The maximum absolute atomic E-state index is 13.1. The molecule has 114 valence electrons. The Morgan fingerprint density at radius 3 is 2.86 bits per heavy atom. The summed E-state index contributed by atoms with van der Waals surface area (Å²) in [7, 11) is 0. The minimum atomic E-state index is -0.920. The van der Waals surface area contributed by atoms with Crippen molar-refractivity contribution in [1.82, 2.24) is 5.32 Å². The number of benzene rings is 2. The Morgan fingerprint density at radius 2 is 2.05 bits per heavy atom. The SMILES string of the molecule is O=C(NCC(O)c1cccc(F)c1)c1cccc2c1CCC2. The second-order valence-electron chi connectivity index (χ2n) is 5.58. The van der Waals surface area contributed by atoms with Crippen LogP contribution in [0.2, 0.25) is 0 Å². The number of fused-ring (bicyclic) bond motifs is 1. The first-order valence-electron chi connectivity index (χ1n) is 7.47. The van der Waals surface area contributed by atoms with E-state index in [1.54, 1.807) is 12.1 Å². The summed E-state index contributed by atoms with van der Waals surface area (Å²) in [6.45, 7) is 0.0615.